The summed E-state index contributed by atoms with van der Waals surface area (Å²) in [6.45, 7) is 19.3. The van der Waals surface area contributed by atoms with Gasteiger partial charge in [0.15, 0.2) is 0 Å². The number of thiocarbonyl (C=S) groups is 1. The largest absolute Gasteiger partial charge is 0.100 e. The van der Waals surface area contributed by atoms with Crippen molar-refractivity contribution >= 4 is 17.1 Å². The van der Waals surface area contributed by atoms with Crippen LogP contribution in [0.5, 0.6) is 0 Å². The molecule has 2 atom stereocenters. The molecule has 0 rings (SSSR count). The second-order valence-electron chi connectivity index (χ2n) is 6.18. The summed E-state index contributed by atoms with van der Waals surface area (Å²) < 4.78 is 0. The third-order valence-electron chi connectivity index (χ3n) is 3.23. The first-order valence-electron chi connectivity index (χ1n) is 7.34. The van der Waals surface area contributed by atoms with Gasteiger partial charge >= 0.3 is 0 Å². The van der Waals surface area contributed by atoms with Gasteiger partial charge in [-0.15, -0.1) is 6.58 Å². The minimum absolute atomic E-state index is 0.752. The molecule has 0 saturated heterocycles. The molecule has 0 heterocycles. The molecule has 0 saturated carbocycles. The average Bonchev–Trinajstić information content (AvgIpc) is 2.16. The molecule has 0 spiro atoms. The summed E-state index contributed by atoms with van der Waals surface area (Å²) in [5.41, 5.74) is 1.32. The molecule has 0 nitrogen and oxygen atoms in total. The van der Waals surface area contributed by atoms with Crippen LogP contribution in [0, 0.1) is 17.8 Å². The van der Waals surface area contributed by atoms with Crippen LogP contribution in [0.15, 0.2) is 12.2 Å². The minimum atomic E-state index is 0.752. The van der Waals surface area contributed by atoms with E-state index in [0.717, 1.165) is 29.0 Å². The number of allylic oxidation sites excluding steroid dienone is 1. The Hall–Kier alpha value is -0.170. The highest BCUT2D eigenvalue weighted by Crippen LogP contribution is 2.14. The summed E-state index contributed by atoms with van der Waals surface area (Å²) in [4.78, 5) is 1.14. The quantitative estimate of drug-likeness (QED) is 0.378. The molecule has 0 amide bonds. The first-order valence-corrected chi connectivity index (χ1v) is 7.75. The highest BCUT2D eigenvalue weighted by Gasteiger charge is 2.06. The van der Waals surface area contributed by atoms with Gasteiger partial charge in [0.1, 0.15) is 0 Å². The molecule has 0 aliphatic heterocycles. The van der Waals surface area contributed by atoms with Crippen LogP contribution >= 0.6 is 12.2 Å². The van der Waals surface area contributed by atoms with Gasteiger partial charge in [0.2, 0.25) is 0 Å². The minimum Gasteiger partial charge on any atom is -0.100 e. The van der Waals surface area contributed by atoms with E-state index >= 15 is 0 Å². The van der Waals surface area contributed by atoms with Gasteiger partial charge in [0.05, 0.1) is 0 Å². The molecule has 18 heavy (non-hydrogen) atoms. The fourth-order valence-corrected chi connectivity index (χ4v) is 2.14. The Bertz CT molecular complexity index is 228. The molecule has 0 aromatic rings. The van der Waals surface area contributed by atoms with Crippen molar-refractivity contribution in [2.75, 3.05) is 0 Å². The third-order valence-corrected chi connectivity index (χ3v) is 3.39. The van der Waals surface area contributed by atoms with Crippen LogP contribution < -0.4 is 0 Å². The highest BCUT2D eigenvalue weighted by atomic mass is 32.1. The van der Waals surface area contributed by atoms with Gasteiger partial charge in [-0.1, -0.05) is 65.3 Å². The Labute approximate surface area is 121 Å². The van der Waals surface area contributed by atoms with Crippen molar-refractivity contribution in [3.63, 3.8) is 0 Å². The molecule has 0 aromatic heterocycles. The van der Waals surface area contributed by atoms with Crippen molar-refractivity contribution in [2.24, 2.45) is 17.8 Å². The van der Waals surface area contributed by atoms with Crippen LogP contribution in [0.25, 0.3) is 0 Å². The predicted molar refractivity (Wildman–Crippen MR) is 90.4 cm³/mol. The standard InChI is InChI=1S/C9H18.C8H16S/c1-5-6-9(4)7-8(2)3;1-6(2)7(3)5-8(4)9/h9H,2,5-7H2,1,3-4H3;6-7H,5H2,1-4H3. The lowest BCUT2D eigenvalue weighted by molar-refractivity contribution is 0.434. The second-order valence-corrected chi connectivity index (χ2v) is 6.88. The first-order chi connectivity index (χ1) is 8.20. The van der Waals surface area contributed by atoms with Crippen LogP contribution in [0.2, 0.25) is 0 Å². The van der Waals surface area contributed by atoms with Gasteiger partial charge in [-0.2, -0.15) is 0 Å². The first kappa shape index (κ1) is 20.2. The molecule has 0 aliphatic carbocycles. The second kappa shape index (κ2) is 11.9. The van der Waals surface area contributed by atoms with Crippen LogP contribution in [0.4, 0.5) is 0 Å². The Morgan fingerprint density at radius 3 is 1.78 bits per heavy atom. The Morgan fingerprint density at radius 2 is 1.56 bits per heavy atom. The summed E-state index contributed by atoms with van der Waals surface area (Å²) in [6, 6.07) is 0. The third kappa shape index (κ3) is 15.8. The molecular weight excluding hydrogens is 236 g/mol. The number of hydrogen-bond acceptors (Lipinski definition) is 1. The van der Waals surface area contributed by atoms with Crippen molar-refractivity contribution in [2.45, 2.75) is 74.1 Å². The molecule has 0 radical (unpaired) electrons. The van der Waals surface area contributed by atoms with Crippen LogP contribution in [-0.4, -0.2) is 4.86 Å². The lowest BCUT2D eigenvalue weighted by Gasteiger charge is -2.13. The van der Waals surface area contributed by atoms with Crippen LogP contribution in [0.3, 0.4) is 0 Å². The highest BCUT2D eigenvalue weighted by molar-refractivity contribution is 7.80. The van der Waals surface area contributed by atoms with Crippen molar-refractivity contribution in [1.29, 1.82) is 0 Å². The summed E-state index contributed by atoms with van der Waals surface area (Å²) in [6.07, 6.45) is 4.95. The van der Waals surface area contributed by atoms with Crippen molar-refractivity contribution in [3.05, 3.63) is 12.2 Å². The lowest BCUT2D eigenvalue weighted by Crippen LogP contribution is -2.06. The van der Waals surface area contributed by atoms with E-state index in [9.17, 15) is 0 Å². The maximum Gasteiger partial charge on any atom is -0.00997 e. The summed E-state index contributed by atoms with van der Waals surface area (Å²) in [5.74, 6) is 2.36. The van der Waals surface area contributed by atoms with E-state index in [4.69, 9.17) is 12.2 Å². The zero-order valence-corrected chi connectivity index (χ0v) is 14.5. The van der Waals surface area contributed by atoms with E-state index in [-0.39, 0.29) is 0 Å². The Balaban J connectivity index is 0. The zero-order valence-electron chi connectivity index (χ0n) is 13.7. The fraction of sp³-hybridized carbons (Fsp3) is 0.824. The molecular formula is C17H34S. The molecule has 0 fully saturated rings. The maximum absolute atomic E-state index is 4.99. The maximum atomic E-state index is 4.99. The van der Waals surface area contributed by atoms with Gasteiger partial charge in [0, 0.05) is 0 Å². The molecule has 0 aliphatic rings. The van der Waals surface area contributed by atoms with Crippen molar-refractivity contribution in [3.8, 4) is 0 Å². The molecule has 0 aromatic carbocycles. The molecule has 2 unspecified atom stereocenters. The van der Waals surface area contributed by atoms with E-state index < -0.39 is 0 Å². The summed E-state index contributed by atoms with van der Waals surface area (Å²) >= 11 is 4.99. The lowest BCUT2D eigenvalue weighted by atomic mass is 9.94. The molecule has 108 valence electrons. The van der Waals surface area contributed by atoms with Crippen LogP contribution in [-0.2, 0) is 0 Å². The van der Waals surface area contributed by atoms with Crippen molar-refractivity contribution in [1.82, 2.24) is 0 Å². The molecule has 1 heteroatoms. The summed E-state index contributed by atoms with van der Waals surface area (Å²) in [7, 11) is 0. The molecule has 0 bridgehead atoms. The van der Waals surface area contributed by atoms with Gasteiger partial charge in [-0.3, -0.25) is 0 Å². The van der Waals surface area contributed by atoms with E-state index in [0.29, 0.717) is 0 Å². The molecule has 0 N–H and O–H groups in total. The van der Waals surface area contributed by atoms with E-state index in [2.05, 4.69) is 48.1 Å². The Morgan fingerprint density at radius 1 is 1.06 bits per heavy atom. The van der Waals surface area contributed by atoms with Gasteiger partial charge in [-0.05, 0) is 49.3 Å². The smallest absolute Gasteiger partial charge is 0.00997 e. The Kier molecular flexibility index (Phi) is 13.3. The van der Waals surface area contributed by atoms with Crippen molar-refractivity contribution < 1.29 is 0 Å². The SMILES string of the molecule is C=C(C)CC(C)CCC.CC(=S)CC(C)C(C)C. The number of rotatable bonds is 7. The average molecular weight is 271 g/mol. The monoisotopic (exact) mass is 270 g/mol. The van der Waals surface area contributed by atoms with Gasteiger partial charge in [-0.25, -0.2) is 0 Å². The predicted octanol–water partition coefficient (Wildman–Crippen LogP) is 6.45. The zero-order chi connectivity index (χ0) is 14.7. The van der Waals surface area contributed by atoms with Crippen LogP contribution in [0.1, 0.15) is 74.1 Å². The van der Waals surface area contributed by atoms with E-state index in [1.54, 1.807) is 0 Å². The topological polar surface area (TPSA) is 0 Å². The van der Waals surface area contributed by atoms with E-state index in [1.807, 2.05) is 6.92 Å². The number of hydrogen-bond donors (Lipinski definition) is 0. The normalized spacial score (nSPS) is 13.6. The summed E-state index contributed by atoms with van der Waals surface area (Å²) in [5, 5.41) is 0. The van der Waals surface area contributed by atoms with Gasteiger partial charge < -0.3 is 0 Å². The van der Waals surface area contributed by atoms with Gasteiger partial charge in [0.25, 0.3) is 0 Å². The fourth-order valence-electron chi connectivity index (χ4n) is 1.88. The van der Waals surface area contributed by atoms with E-state index in [1.165, 1.54) is 24.8 Å².